The Kier molecular flexibility index (Phi) is 4.84. The third-order valence-corrected chi connectivity index (χ3v) is 5.37. The maximum atomic E-state index is 12.7. The van der Waals surface area contributed by atoms with E-state index in [0.29, 0.717) is 10.4 Å². The van der Waals surface area contributed by atoms with Crippen LogP contribution in [0.2, 0.25) is 0 Å². The zero-order valence-electron chi connectivity index (χ0n) is 12.6. The van der Waals surface area contributed by atoms with E-state index in [2.05, 4.69) is 0 Å². The fourth-order valence-corrected chi connectivity index (χ4v) is 4.43. The molecule has 1 saturated carbocycles. The van der Waals surface area contributed by atoms with E-state index in [-0.39, 0.29) is 5.91 Å². The lowest BCUT2D eigenvalue weighted by Crippen LogP contribution is -2.39. The van der Waals surface area contributed by atoms with Crippen LogP contribution in [-0.2, 0) is 4.79 Å². The Balaban J connectivity index is 1.76. The Morgan fingerprint density at radius 3 is 2.86 bits per heavy atom. The predicted octanol–water partition coefficient (Wildman–Crippen LogP) is 4.76. The Bertz CT molecular complexity index is 625. The first-order valence-corrected chi connectivity index (χ1v) is 8.86. The Hall–Kier alpha value is -1.33. The summed E-state index contributed by atoms with van der Waals surface area (Å²) in [6.07, 6.45) is 11.3. The Labute approximate surface area is 140 Å². The summed E-state index contributed by atoms with van der Waals surface area (Å²) in [6.45, 7) is 1.97. The zero-order valence-corrected chi connectivity index (χ0v) is 14.2. The highest BCUT2D eigenvalue weighted by atomic mass is 32.2. The van der Waals surface area contributed by atoms with Crippen LogP contribution in [0.1, 0.15) is 44.8 Å². The van der Waals surface area contributed by atoms with Gasteiger partial charge >= 0.3 is 0 Å². The van der Waals surface area contributed by atoms with Gasteiger partial charge in [-0.05, 0) is 49.6 Å². The van der Waals surface area contributed by atoms with Crippen LogP contribution in [-0.4, -0.2) is 21.2 Å². The molecule has 0 aromatic carbocycles. The molecule has 2 aliphatic rings. The lowest BCUT2D eigenvalue weighted by Gasteiger charge is -2.29. The maximum Gasteiger partial charge on any atom is 0.266 e. The van der Waals surface area contributed by atoms with Crippen LogP contribution in [0, 0.1) is 0 Å². The predicted molar refractivity (Wildman–Crippen MR) is 94.4 cm³/mol. The van der Waals surface area contributed by atoms with Crippen molar-refractivity contribution in [3.8, 4) is 0 Å². The van der Waals surface area contributed by atoms with Gasteiger partial charge < -0.3 is 4.42 Å². The summed E-state index contributed by atoms with van der Waals surface area (Å²) in [7, 11) is 0. The van der Waals surface area contributed by atoms with Gasteiger partial charge in [0.1, 0.15) is 10.1 Å². The molecule has 22 heavy (non-hydrogen) atoms. The fraction of sp³-hybridized carbons (Fsp3) is 0.412. The van der Waals surface area contributed by atoms with Crippen LogP contribution < -0.4 is 0 Å². The molecule has 0 radical (unpaired) electrons. The Morgan fingerprint density at radius 1 is 1.41 bits per heavy atom. The normalized spacial score (nSPS) is 22.9. The zero-order chi connectivity index (χ0) is 15.5. The van der Waals surface area contributed by atoms with Gasteiger partial charge in [0, 0.05) is 6.04 Å². The molecule has 2 fully saturated rings. The SMILES string of the molecule is CC(=C/c1ccco1)/C=C1/SC(=S)N(C2CCCCC2)C1=O. The molecule has 116 valence electrons. The quantitative estimate of drug-likeness (QED) is 0.590. The minimum atomic E-state index is 0.0640. The van der Waals surface area contributed by atoms with Crippen molar-refractivity contribution >= 4 is 40.3 Å². The second-order valence-electron chi connectivity index (χ2n) is 5.75. The standard InChI is InChI=1S/C17H19NO2S2/c1-12(10-14-8-5-9-20-14)11-15-16(19)18(17(21)22-15)13-6-3-2-4-7-13/h5,8-11,13H,2-4,6-7H2,1H3/b12-10-,15-11+. The molecule has 1 aliphatic heterocycles. The van der Waals surface area contributed by atoms with E-state index in [1.807, 2.05) is 36.1 Å². The van der Waals surface area contributed by atoms with Gasteiger partial charge in [-0.2, -0.15) is 0 Å². The summed E-state index contributed by atoms with van der Waals surface area (Å²) in [5, 5.41) is 0. The van der Waals surface area contributed by atoms with Crippen LogP contribution in [0.25, 0.3) is 6.08 Å². The van der Waals surface area contributed by atoms with Crippen LogP contribution in [0.4, 0.5) is 0 Å². The van der Waals surface area contributed by atoms with E-state index in [0.717, 1.165) is 29.1 Å². The van der Waals surface area contributed by atoms with Gasteiger partial charge in [0.2, 0.25) is 0 Å². The summed E-state index contributed by atoms with van der Waals surface area (Å²) in [4.78, 5) is 15.2. The summed E-state index contributed by atoms with van der Waals surface area (Å²) in [5.41, 5.74) is 0.985. The third kappa shape index (κ3) is 3.36. The van der Waals surface area contributed by atoms with Crippen LogP contribution in [0.5, 0.6) is 0 Å². The number of furan rings is 1. The number of hydrogen-bond donors (Lipinski definition) is 0. The monoisotopic (exact) mass is 333 g/mol. The Morgan fingerprint density at radius 2 is 2.18 bits per heavy atom. The summed E-state index contributed by atoms with van der Waals surface area (Å²) in [6, 6.07) is 4.04. The molecule has 0 atom stereocenters. The third-order valence-electron chi connectivity index (χ3n) is 4.04. The molecule has 0 unspecified atom stereocenters. The lowest BCUT2D eigenvalue weighted by molar-refractivity contribution is -0.124. The van der Waals surface area contributed by atoms with Crippen molar-refractivity contribution in [2.75, 3.05) is 0 Å². The molecule has 0 bridgehead atoms. The minimum Gasteiger partial charge on any atom is -0.465 e. The van der Waals surface area contributed by atoms with Gasteiger partial charge in [0.25, 0.3) is 5.91 Å². The van der Waals surface area contributed by atoms with Crippen LogP contribution in [0.15, 0.2) is 39.4 Å². The van der Waals surface area contributed by atoms with E-state index >= 15 is 0 Å². The average molecular weight is 333 g/mol. The fourth-order valence-electron chi connectivity index (χ4n) is 2.98. The topological polar surface area (TPSA) is 33.5 Å². The van der Waals surface area contributed by atoms with Crippen molar-refractivity contribution in [2.45, 2.75) is 45.1 Å². The number of carbonyl (C=O) groups excluding carboxylic acids is 1. The second-order valence-corrected chi connectivity index (χ2v) is 7.42. The molecule has 2 heterocycles. The van der Waals surface area contributed by atoms with E-state index in [1.165, 1.54) is 31.0 Å². The maximum absolute atomic E-state index is 12.7. The van der Waals surface area contributed by atoms with Crippen molar-refractivity contribution in [1.82, 2.24) is 4.90 Å². The summed E-state index contributed by atoms with van der Waals surface area (Å²) >= 11 is 6.85. The highest BCUT2D eigenvalue weighted by molar-refractivity contribution is 8.26. The number of carbonyl (C=O) groups is 1. The largest absolute Gasteiger partial charge is 0.465 e. The van der Waals surface area contributed by atoms with Gasteiger partial charge in [0.05, 0.1) is 11.2 Å². The first-order chi connectivity index (χ1) is 10.6. The molecule has 1 aromatic heterocycles. The molecular weight excluding hydrogens is 314 g/mol. The van der Waals surface area contributed by atoms with Crippen molar-refractivity contribution in [3.63, 3.8) is 0 Å². The van der Waals surface area contributed by atoms with Crippen LogP contribution in [0.3, 0.4) is 0 Å². The molecule has 1 saturated heterocycles. The smallest absolute Gasteiger partial charge is 0.266 e. The highest BCUT2D eigenvalue weighted by Gasteiger charge is 2.37. The lowest BCUT2D eigenvalue weighted by atomic mass is 9.94. The number of thioether (sulfide) groups is 1. The second kappa shape index (κ2) is 6.84. The van der Waals surface area contributed by atoms with Gasteiger partial charge in [-0.15, -0.1) is 0 Å². The van der Waals surface area contributed by atoms with Gasteiger partial charge in [-0.3, -0.25) is 9.69 Å². The summed E-state index contributed by atoms with van der Waals surface area (Å²) < 4.78 is 6.00. The number of allylic oxidation sites excluding steroid dienone is 2. The number of thiocarbonyl (C=S) groups is 1. The molecule has 3 nitrogen and oxygen atoms in total. The van der Waals surface area contributed by atoms with Crippen molar-refractivity contribution in [2.24, 2.45) is 0 Å². The molecule has 5 heteroatoms. The highest BCUT2D eigenvalue weighted by Crippen LogP contribution is 2.36. The van der Waals surface area contributed by atoms with Gasteiger partial charge in [0.15, 0.2) is 0 Å². The van der Waals surface area contributed by atoms with E-state index in [9.17, 15) is 4.79 Å². The van der Waals surface area contributed by atoms with Gasteiger partial charge in [-0.25, -0.2) is 0 Å². The number of rotatable bonds is 3. The molecule has 0 N–H and O–H groups in total. The van der Waals surface area contributed by atoms with Crippen molar-refractivity contribution in [3.05, 3.63) is 40.7 Å². The van der Waals surface area contributed by atoms with E-state index < -0.39 is 0 Å². The van der Waals surface area contributed by atoms with Crippen molar-refractivity contribution < 1.29 is 9.21 Å². The van der Waals surface area contributed by atoms with Crippen molar-refractivity contribution in [1.29, 1.82) is 0 Å². The molecule has 1 aliphatic carbocycles. The molecule has 0 spiro atoms. The molecule has 1 amide bonds. The minimum absolute atomic E-state index is 0.0640. The van der Waals surface area contributed by atoms with Gasteiger partial charge in [-0.1, -0.05) is 43.2 Å². The molecular formula is C17H19NO2S2. The first kappa shape index (κ1) is 15.6. The average Bonchev–Trinajstić information content (AvgIpc) is 3.09. The number of amides is 1. The first-order valence-electron chi connectivity index (χ1n) is 7.64. The molecule has 3 rings (SSSR count). The van der Waals surface area contributed by atoms with E-state index in [1.54, 1.807) is 6.26 Å². The van der Waals surface area contributed by atoms with E-state index in [4.69, 9.17) is 16.6 Å². The summed E-state index contributed by atoms with van der Waals surface area (Å²) in [5.74, 6) is 0.852. The number of hydrogen-bond acceptors (Lipinski definition) is 4. The number of nitrogens with zero attached hydrogens (tertiary/aromatic N) is 1. The van der Waals surface area contributed by atoms with Crippen LogP contribution >= 0.6 is 24.0 Å². The molecule has 1 aromatic rings.